The molecular formula is C16H14ClN7O6. The normalized spacial score (nSPS) is 10.8. The van der Waals surface area contributed by atoms with E-state index in [1.165, 1.54) is 32.3 Å². The summed E-state index contributed by atoms with van der Waals surface area (Å²) in [6.45, 7) is -0.488. The molecule has 0 aliphatic heterocycles. The summed E-state index contributed by atoms with van der Waals surface area (Å²) in [4.78, 5) is 62.8. The van der Waals surface area contributed by atoms with Crippen molar-refractivity contribution < 1.29 is 14.5 Å². The Kier molecular flexibility index (Phi) is 5.38. The van der Waals surface area contributed by atoms with Gasteiger partial charge in [-0.1, -0.05) is 6.07 Å². The Morgan fingerprint density at radius 2 is 1.90 bits per heavy atom. The summed E-state index contributed by atoms with van der Waals surface area (Å²) in [5, 5.41) is 10.6. The number of non-ortho nitro benzene ring substituents is 1. The lowest BCUT2D eigenvalue weighted by Crippen LogP contribution is -2.43. The highest BCUT2D eigenvalue weighted by Crippen LogP contribution is 2.15. The van der Waals surface area contributed by atoms with E-state index in [0.29, 0.717) is 0 Å². The molecule has 30 heavy (non-hydrogen) atoms. The first-order chi connectivity index (χ1) is 14.1. The molecule has 0 saturated heterocycles. The van der Waals surface area contributed by atoms with Crippen molar-refractivity contribution in [3.8, 4) is 0 Å². The third kappa shape index (κ3) is 3.65. The number of benzene rings is 1. The van der Waals surface area contributed by atoms with Crippen LogP contribution >= 0.6 is 11.6 Å². The molecule has 3 rings (SSSR count). The van der Waals surface area contributed by atoms with E-state index >= 15 is 0 Å². The predicted octanol–water partition coefficient (Wildman–Crippen LogP) is -0.544. The van der Waals surface area contributed by atoms with E-state index in [-0.39, 0.29) is 27.7 Å². The van der Waals surface area contributed by atoms with Crippen molar-refractivity contribution in [1.29, 1.82) is 0 Å². The van der Waals surface area contributed by atoms with Crippen LogP contribution in [-0.2, 0) is 25.4 Å². The molecule has 0 spiro atoms. The summed E-state index contributed by atoms with van der Waals surface area (Å²) >= 11 is 6.02. The van der Waals surface area contributed by atoms with Gasteiger partial charge >= 0.3 is 5.69 Å². The number of nitrogens with zero attached hydrogens (tertiary/aromatic N) is 5. The molecule has 1 aromatic carbocycles. The van der Waals surface area contributed by atoms with Gasteiger partial charge in [0.05, 0.1) is 4.92 Å². The summed E-state index contributed by atoms with van der Waals surface area (Å²) in [6, 6.07) is 4.92. The fraction of sp³-hybridized carbons (Fsp3) is 0.188. The molecule has 2 amide bonds. The molecule has 156 valence electrons. The number of carbonyl (C=O) groups is 2. The lowest BCUT2D eigenvalue weighted by molar-refractivity contribution is -0.384. The second-order valence-electron chi connectivity index (χ2n) is 6.15. The van der Waals surface area contributed by atoms with Crippen molar-refractivity contribution >= 4 is 40.3 Å². The number of halogens is 1. The smallest absolute Gasteiger partial charge is 0.299 e. The number of nitro benzene ring substituents is 1. The molecular weight excluding hydrogens is 422 g/mol. The van der Waals surface area contributed by atoms with Crippen LogP contribution in [0.4, 0.5) is 5.69 Å². The van der Waals surface area contributed by atoms with Gasteiger partial charge in [-0.05, 0) is 17.7 Å². The van der Waals surface area contributed by atoms with Gasteiger partial charge in [0.1, 0.15) is 6.54 Å². The van der Waals surface area contributed by atoms with Crippen LogP contribution in [0.5, 0.6) is 0 Å². The SMILES string of the molecule is Cn1c(=O)c2c(nc(Cl)n2CC(=O)NNC(=O)c2cccc([N+](=O)[O-])c2)n(C)c1=O. The van der Waals surface area contributed by atoms with Crippen LogP contribution < -0.4 is 22.1 Å². The molecule has 3 aromatic rings. The zero-order chi connectivity index (χ0) is 22.2. The average molecular weight is 436 g/mol. The lowest BCUT2D eigenvalue weighted by atomic mass is 10.2. The van der Waals surface area contributed by atoms with Crippen LogP contribution in [0.2, 0.25) is 5.28 Å². The van der Waals surface area contributed by atoms with Crippen LogP contribution in [0.15, 0.2) is 33.9 Å². The van der Waals surface area contributed by atoms with Crippen molar-refractivity contribution in [2.45, 2.75) is 6.54 Å². The van der Waals surface area contributed by atoms with Crippen molar-refractivity contribution in [2.75, 3.05) is 0 Å². The maximum atomic E-state index is 12.4. The highest BCUT2D eigenvalue weighted by molar-refractivity contribution is 6.29. The minimum absolute atomic E-state index is 0.00142. The van der Waals surface area contributed by atoms with Crippen LogP contribution in [0.3, 0.4) is 0 Å². The lowest BCUT2D eigenvalue weighted by Gasteiger charge is -2.09. The molecule has 0 fully saturated rings. The number of hydrogen-bond acceptors (Lipinski definition) is 7. The van der Waals surface area contributed by atoms with E-state index < -0.39 is 34.5 Å². The Balaban J connectivity index is 1.80. The Morgan fingerprint density at radius 1 is 1.20 bits per heavy atom. The molecule has 0 aliphatic carbocycles. The summed E-state index contributed by atoms with van der Waals surface area (Å²) in [5.74, 6) is -1.54. The number of hydrazine groups is 1. The zero-order valence-electron chi connectivity index (χ0n) is 15.6. The molecule has 0 radical (unpaired) electrons. The van der Waals surface area contributed by atoms with E-state index in [1.807, 2.05) is 0 Å². The van der Waals surface area contributed by atoms with Gasteiger partial charge in [-0.2, -0.15) is 4.98 Å². The topological polar surface area (TPSA) is 163 Å². The zero-order valence-corrected chi connectivity index (χ0v) is 16.3. The highest BCUT2D eigenvalue weighted by Gasteiger charge is 2.20. The minimum Gasteiger partial charge on any atom is -0.299 e. The number of carbonyl (C=O) groups excluding carboxylic acids is 2. The maximum Gasteiger partial charge on any atom is 0.332 e. The second-order valence-corrected chi connectivity index (χ2v) is 6.49. The van der Waals surface area contributed by atoms with Crippen molar-refractivity contribution in [1.82, 2.24) is 29.5 Å². The molecule has 0 unspecified atom stereocenters. The molecule has 2 heterocycles. The van der Waals surface area contributed by atoms with Crippen LogP contribution in [0, 0.1) is 10.1 Å². The molecule has 0 atom stereocenters. The predicted molar refractivity (Wildman–Crippen MR) is 104 cm³/mol. The Bertz CT molecular complexity index is 1320. The fourth-order valence-electron chi connectivity index (χ4n) is 2.71. The van der Waals surface area contributed by atoms with E-state index in [0.717, 1.165) is 19.8 Å². The third-order valence-electron chi connectivity index (χ3n) is 4.24. The molecule has 0 aliphatic rings. The van der Waals surface area contributed by atoms with Crippen molar-refractivity contribution in [3.05, 3.63) is 66.1 Å². The van der Waals surface area contributed by atoms with Crippen LogP contribution in [0.25, 0.3) is 11.2 Å². The van der Waals surface area contributed by atoms with Crippen LogP contribution in [-0.4, -0.2) is 35.4 Å². The monoisotopic (exact) mass is 435 g/mol. The summed E-state index contributed by atoms with van der Waals surface area (Å²) in [7, 11) is 2.67. The van der Waals surface area contributed by atoms with Crippen molar-refractivity contribution in [3.63, 3.8) is 0 Å². The number of aryl methyl sites for hydroxylation is 1. The van der Waals surface area contributed by atoms with Gasteiger partial charge in [0, 0.05) is 31.8 Å². The first kappa shape index (κ1) is 20.7. The third-order valence-corrected chi connectivity index (χ3v) is 4.53. The standard InChI is InChI=1S/C16H14ClN7O6/c1-21-12-11(14(27)22(2)16(21)28)23(15(17)18-12)7-10(25)19-20-13(26)8-4-3-5-9(6-8)24(29)30/h3-6H,7H2,1-2H3,(H,19,25)(H,20,26). The largest absolute Gasteiger partial charge is 0.332 e. The van der Waals surface area contributed by atoms with Gasteiger partial charge in [-0.25, -0.2) is 4.79 Å². The summed E-state index contributed by atoms with van der Waals surface area (Å²) in [5.41, 5.74) is 2.55. The number of amides is 2. The molecule has 2 aromatic heterocycles. The van der Waals surface area contributed by atoms with Gasteiger partial charge in [-0.3, -0.25) is 49.1 Å². The van der Waals surface area contributed by atoms with E-state index in [9.17, 15) is 29.3 Å². The second kappa shape index (κ2) is 7.79. The van der Waals surface area contributed by atoms with Gasteiger partial charge in [0.25, 0.3) is 23.1 Å². The van der Waals surface area contributed by atoms with E-state index in [2.05, 4.69) is 15.8 Å². The number of fused-ring (bicyclic) bond motifs is 1. The number of rotatable bonds is 4. The maximum absolute atomic E-state index is 12.4. The molecule has 13 nitrogen and oxygen atoms in total. The van der Waals surface area contributed by atoms with Crippen molar-refractivity contribution in [2.24, 2.45) is 14.1 Å². The average Bonchev–Trinajstić information content (AvgIpc) is 3.05. The van der Waals surface area contributed by atoms with E-state index in [4.69, 9.17) is 11.6 Å². The molecule has 0 saturated carbocycles. The van der Waals surface area contributed by atoms with Gasteiger partial charge in [-0.15, -0.1) is 0 Å². The number of hydrogen-bond donors (Lipinski definition) is 2. The Labute approximate surface area is 171 Å². The highest BCUT2D eigenvalue weighted by atomic mass is 35.5. The minimum atomic E-state index is -0.785. The molecule has 0 bridgehead atoms. The number of aromatic nitrogens is 4. The van der Waals surface area contributed by atoms with Gasteiger partial charge in [0.2, 0.25) is 5.28 Å². The number of imidazole rings is 1. The summed E-state index contributed by atoms with van der Waals surface area (Å²) < 4.78 is 3.05. The number of nitrogens with one attached hydrogen (secondary N) is 2. The first-order valence-corrected chi connectivity index (χ1v) is 8.65. The van der Waals surface area contributed by atoms with Gasteiger partial charge in [0.15, 0.2) is 11.2 Å². The molecule has 2 N–H and O–H groups in total. The van der Waals surface area contributed by atoms with Crippen LogP contribution in [0.1, 0.15) is 10.4 Å². The summed E-state index contributed by atoms with van der Waals surface area (Å²) in [6.07, 6.45) is 0. The Morgan fingerprint density at radius 3 is 2.57 bits per heavy atom. The quantitative estimate of drug-likeness (QED) is 0.315. The first-order valence-electron chi connectivity index (χ1n) is 8.27. The fourth-order valence-corrected chi connectivity index (χ4v) is 2.93. The Hall–Kier alpha value is -4.00. The molecule has 14 heteroatoms. The van der Waals surface area contributed by atoms with E-state index in [1.54, 1.807) is 0 Å². The number of nitro groups is 1. The van der Waals surface area contributed by atoms with Gasteiger partial charge < -0.3 is 0 Å².